The molecule has 0 spiro atoms. The molecule has 0 fully saturated rings. The van der Waals surface area contributed by atoms with Crippen molar-refractivity contribution in [3.63, 3.8) is 0 Å². The van der Waals surface area contributed by atoms with Gasteiger partial charge in [-0.15, -0.1) is 0 Å². The van der Waals surface area contributed by atoms with Crippen molar-refractivity contribution in [3.8, 4) is 17.0 Å². The van der Waals surface area contributed by atoms with Gasteiger partial charge in [0.05, 0.1) is 10.2 Å². The Bertz CT molecular complexity index is 672. The number of aromatic nitrogens is 2. The van der Waals surface area contributed by atoms with Crippen LogP contribution in [0.3, 0.4) is 0 Å². The van der Waals surface area contributed by atoms with Crippen molar-refractivity contribution in [2.24, 2.45) is 7.05 Å². The number of benzene rings is 1. The lowest BCUT2D eigenvalue weighted by Gasteiger charge is -2.23. The molecule has 0 atom stereocenters. The van der Waals surface area contributed by atoms with Crippen LogP contribution >= 0.6 is 15.9 Å². The van der Waals surface area contributed by atoms with Gasteiger partial charge in [-0.25, -0.2) is 0 Å². The Labute approximate surface area is 126 Å². The Morgan fingerprint density at radius 2 is 1.95 bits per heavy atom. The van der Waals surface area contributed by atoms with Crippen molar-refractivity contribution in [2.75, 3.05) is 5.73 Å². The highest BCUT2D eigenvalue weighted by molar-refractivity contribution is 9.10. The molecule has 106 valence electrons. The van der Waals surface area contributed by atoms with Crippen LogP contribution in [0.2, 0.25) is 0 Å². The number of phenols is 1. The number of nitrogens with two attached hydrogens (primary N) is 1. The molecule has 5 heteroatoms. The third kappa shape index (κ3) is 1.92. The number of anilines is 1. The van der Waals surface area contributed by atoms with Gasteiger partial charge in [0.1, 0.15) is 11.6 Å². The highest BCUT2D eigenvalue weighted by Gasteiger charge is 2.24. The standard InChI is InChI=1S/C15H18BrN3O/c1-8-9-5-3-4-6-10(9)14(16)15(20)13(8)11-7-12(17)19(2)18-11/h7,20H,3-6,17H2,1-2H3. The smallest absolute Gasteiger partial charge is 0.139 e. The second kappa shape index (κ2) is 4.81. The maximum absolute atomic E-state index is 10.6. The van der Waals surface area contributed by atoms with Crippen LogP contribution in [0, 0.1) is 6.92 Å². The van der Waals surface area contributed by atoms with Crippen LogP contribution in [0.5, 0.6) is 5.75 Å². The number of nitrogen functional groups attached to an aromatic ring is 1. The Balaban J connectivity index is 2.28. The van der Waals surface area contributed by atoms with E-state index in [-0.39, 0.29) is 5.75 Å². The van der Waals surface area contributed by atoms with Gasteiger partial charge in [-0.3, -0.25) is 4.68 Å². The van der Waals surface area contributed by atoms with Gasteiger partial charge in [0.2, 0.25) is 0 Å². The molecule has 0 amide bonds. The van der Waals surface area contributed by atoms with E-state index in [0.29, 0.717) is 5.82 Å². The van der Waals surface area contributed by atoms with Crippen LogP contribution in [-0.4, -0.2) is 14.9 Å². The summed E-state index contributed by atoms with van der Waals surface area (Å²) in [6, 6.07) is 1.81. The van der Waals surface area contributed by atoms with E-state index in [0.717, 1.165) is 34.1 Å². The summed E-state index contributed by atoms with van der Waals surface area (Å²) in [5, 5.41) is 15.0. The lowest BCUT2D eigenvalue weighted by atomic mass is 9.85. The Hall–Kier alpha value is -1.49. The quantitative estimate of drug-likeness (QED) is 0.840. The fraction of sp³-hybridized carbons (Fsp3) is 0.400. The fourth-order valence-corrected chi connectivity index (χ4v) is 3.70. The minimum atomic E-state index is 0.279. The van der Waals surface area contributed by atoms with Crippen LogP contribution in [0.1, 0.15) is 29.5 Å². The van der Waals surface area contributed by atoms with Crippen molar-refractivity contribution in [2.45, 2.75) is 32.6 Å². The summed E-state index contributed by atoms with van der Waals surface area (Å²) in [6.45, 7) is 2.07. The highest BCUT2D eigenvalue weighted by atomic mass is 79.9. The summed E-state index contributed by atoms with van der Waals surface area (Å²) < 4.78 is 2.44. The van der Waals surface area contributed by atoms with Gasteiger partial charge in [-0.05, 0) is 65.2 Å². The summed E-state index contributed by atoms with van der Waals surface area (Å²) in [4.78, 5) is 0. The van der Waals surface area contributed by atoms with Gasteiger partial charge in [0, 0.05) is 18.7 Å². The zero-order valence-electron chi connectivity index (χ0n) is 11.7. The van der Waals surface area contributed by atoms with Crippen LogP contribution in [0.15, 0.2) is 10.5 Å². The molecular formula is C15H18BrN3O. The number of nitrogens with zero attached hydrogens (tertiary/aromatic N) is 2. The lowest BCUT2D eigenvalue weighted by molar-refractivity contribution is 0.470. The molecule has 1 aromatic carbocycles. The molecule has 1 heterocycles. The van der Waals surface area contributed by atoms with Gasteiger partial charge in [0.25, 0.3) is 0 Å². The summed E-state index contributed by atoms with van der Waals surface area (Å²) in [5.74, 6) is 0.869. The van der Waals surface area contributed by atoms with Gasteiger partial charge in [-0.1, -0.05) is 0 Å². The zero-order chi connectivity index (χ0) is 14.4. The van der Waals surface area contributed by atoms with Gasteiger partial charge in [-0.2, -0.15) is 5.10 Å². The van der Waals surface area contributed by atoms with Crippen molar-refractivity contribution >= 4 is 21.7 Å². The van der Waals surface area contributed by atoms with Gasteiger partial charge < -0.3 is 10.8 Å². The maximum atomic E-state index is 10.6. The number of fused-ring (bicyclic) bond motifs is 1. The SMILES string of the molecule is Cc1c2c(c(Br)c(O)c1-c1cc(N)n(C)n1)CCCC2. The Kier molecular flexibility index (Phi) is 3.24. The number of phenolic OH excluding ortho intramolecular Hbond substituents is 1. The monoisotopic (exact) mass is 335 g/mol. The zero-order valence-corrected chi connectivity index (χ0v) is 13.3. The maximum Gasteiger partial charge on any atom is 0.139 e. The first kappa shape index (κ1) is 13.5. The first-order chi connectivity index (χ1) is 9.50. The van der Waals surface area contributed by atoms with Crippen LogP contribution < -0.4 is 5.73 Å². The number of aromatic hydroxyl groups is 1. The summed E-state index contributed by atoms with van der Waals surface area (Å²) in [5.41, 5.74) is 11.1. The predicted octanol–water partition coefficient (Wildman–Crippen LogP) is 3.32. The topological polar surface area (TPSA) is 64.1 Å². The van der Waals surface area contributed by atoms with E-state index in [4.69, 9.17) is 5.73 Å². The van der Waals surface area contributed by atoms with Gasteiger partial charge >= 0.3 is 0 Å². The Morgan fingerprint density at radius 3 is 2.55 bits per heavy atom. The minimum absolute atomic E-state index is 0.279. The van der Waals surface area contributed by atoms with E-state index in [1.165, 1.54) is 24.0 Å². The van der Waals surface area contributed by atoms with Crippen molar-refractivity contribution in [1.82, 2.24) is 9.78 Å². The van der Waals surface area contributed by atoms with E-state index in [1.54, 1.807) is 11.7 Å². The van der Waals surface area contributed by atoms with Crippen LogP contribution in [0.4, 0.5) is 5.82 Å². The number of halogens is 1. The second-order valence-electron chi connectivity index (χ2n) is 5.40. The molecule has 0 radical (unpaired) electrons. The molecule has 2 aromatic rings. The van der Waals surface area contributed by atoms with E-state index < -0.39 is 0 Å². The van der Waals surface area contributed by atoms with E-state index in [1.807, 2.05) is 6.07 Å². The lowest BCUT2D eigenvalue weighted by Crippen LogP contribution is -2.07. The number of aryl methyl sites for hydroxylation is 1. The molecule has 1 aromatic heterocycles. The molecule has 20 heavy (non-hydrogen) atoms. The molecule has 1 aliphatic rings. The van der Waals surface area contributed by atoms with Crippen molar-refractivity contribution in [1.29, 1.82) is 0 Å². The molecule has 4 nitrogen and oxygen atoms in total. The predicted molar refractivity (Wildman–Crippen MR) is 83.8 cm³/mol. The molecule has 3 rings (SSSR count). The molecular weight excluding hydrogens is 318 g/mol. The summed E-state index contributed by atoms with van der Waals surface area (Å²) in [7, 11) is 1.80. The molecule has 1 aliphatic carbocycles. The first-order valence-electron chi connectivity index (χ1n) is 6.83. The first-order valence-corrected chi connectivity index (χ1v) is 7.62. The van der Waals surface area contributed by atoms with Crippen LogP contribution in [-0.2, 0) is 19.9 Å². The number of hydrogen-bond acceptors (Lipinski definition) is 3. The largest absolute Gasteiger partial charge is 0.506 e. The summed E-state index contributed by atoms with van der Waals surface area (Å²) in [6.07, 6.45) is 4.47. The third-order valence-corrected chi connectivity index (χ3v) is 5.03. The van der Waals surface area contributed by atoms with E-state index in [2.05, 4.69) is 28.0 Å². The molecule has 3 N–H and O–H groups in total. The fourth-order valence-electron chi connectivity index (χ4n) is 3.06. The molecule has 0 aliphatic heterocycles. The molecule has 0 unspecified atom stereocenters. The number of hydrogen-bond donors (Lipinski definition) is 2. The van der Waals surface area contributed by atoms with E-state index in [9.17, 15) is 5.11 Å². The molecule has 0 bridgehead atoms. The second-order valence-corrected chi connectivity index (χ2v) is 6.20. The normalized spacial score (nSPS) is 14.3. The van der Waals surface area contributed by atoms with Crippen molar-refractivity contribution in [3.05, 3.63) is 27.2 Å². The summed E-state index contributed by atoms with van der Waals surface area (Å²) >= 11 is 3.56. The minimum Gasteiger partial charge on any atom is -0.506 e. The number of rotatable bonds is 1. The third-order valence-electron chi connectivity index (χ3n) is 4.18. The molecule has 0 saturated heterocycles. The highest BCUT2D eigenvalue weighted by Crippen LogP contribution is 2.44. The Morgan fingerprint density at radius 1 is 1.30 bits per heavy atom. The average molecular weight is 336 g/mol. The molecule has 0 saturated carbocycles. The van der Waals surface area contributed by atoms with Crippen LogP contribution in [0.25, 0.3) is 11.3 Å². The average Bonchev–Trinajstić information content (AvgIpc) is 2.76. The van der Waals surface area contributed by atoms with E-state index >= 15 is 0 Å². The van der Waals surface area contributed by atoms with Gasteiger partial charge in [0.15, 0.2) is 0 Å². The van der Waals surface area contributed by atoms with Crippen molar-refractivity contribution < 1.29 is 5.11 Å².